The molecule has 200 valence electrons. The second-order valence-corrected chi connectivity index (χ2v) is 10.7. The topological polar surface area (TPSA) is 108 Å². The van der Waals surface area contributed by atoms with E-state index >= 15 is 0 Å². The van der Waals surface area contributed by atoms with Crippen LogP contribution < -0.4 is 5.11 Å². The number of nitrogens with zero attached hydrogens (tertiary/aromatic N) is 4. The number of alkyl halides is 3. The van der Waals surface area contributed by atoms with Gasteiger partial charge in [-0.05, 0) is 43.3 Å². The molecule has 4 aromatic rings. The Hall–Kier alpha value is -3.64. The number of aromatic nitrogens is 3. The highest BCUT2D eigenvalue weighted by Crippen LogP contribution is 2.37. The number of hydrogen-bond donors (Lipinski definition) is 0. The number of imidazole rings is 1. The molecule has 8 nitrogen and oxygen atoms in total. The van der Waals surface area contributed by atoms with Gasteiger partial charge in [-0.1, -0.05) is 36.2 Å². The lowest BCUT2D eigenvalue weighted by atomic mass is 10.2. The van der Waals surface area contributed by atoms with E-state index in [9.17, 15) is 31.5 Å². The Balaban J connectivity index is 1.61. The Morgan fingerprint density at radius 2 is 1.82 bits per heavy atom. The summed E-state index contributed by atoms with van der Waals surface area (Å²) in [6.45, 7) is 3.15. The zero-order valence-corrected chi connectivity index (χ0v) is 21.7. The number of hydrogen-bond acceptors (Lipinski definition) is 6. The van der Waals surface area contributed by atoms with Gasteiger partial charge in [0.2, 0.25) is 0 Å². The Kier molecular flexibility index (Phi) is 7.39. The van der Waals surface area contributed by atoms with E-state index in [0.717, 1.165) is 11.6 Å². The van der Waals surface area contributed by atoms with Crippen molar-refractivity contribution in [2.75, 3.05) is 6.54 Å². The van der Waals surface area contributed by atoms with Crippen molar-refractivity contribution in [1.82, 2.24) is 18.8 Å². The smallest absolute Gasteiger partial charge is 0.417 e. The molecule has 2 aromatic heterocycles. The third kappa shape index (κ3) is 5.32. The minimum absolute atomic E-state index is 0.0363. The van der Waals surface area contributed by atoms with Crippen molar-refractivity contribution in [2.45, 2.75) is 37.8 Å². The number of carbonyl (C=O) groups excluding carboxylic acids is 1. The third-order valence-electron chi connectivity index (χ3n) is 5.89. The van der Waals surface area contributed by atoms with Gasteiger partial charge in [0.25, 0.3) is 10.0 Å². The maximum atomic E-state index is 13.3. The first-order valence-corrected chi connectivity index (χ1v) is 13.2. The fourth-order valence-electron chi connectivity index (χ4n) is 3.95. The molecule has 0 unspecified atom stereocenters. The number of rotatable bonds is 7. The number of fused-ring (bicyclic) bond motifs is 1. The van der Waals surface area contributed by atoms with Crippen LogP contribution in [0.2, 0.25) is 5.02 Å². The SMILES string of the molecule is CCc1nc2cc(C(F)(F)F)c(Cl)cc2n1-c1ccc(CCN(C(=O)[O-])S(=O)(=O)c2ccc(C)cc2)nc1. The van der Waals surface area contributed by atoms with Gasteiger partial charge in [-0.15, -0.1) is 0 Å². The molecule has 2 heterocycles. The van der Waals surface area contributed by atoms with Gasteiger partial charge in [0, 0.05) is 25.1 Å². The quantitative estimate of drug-likeness (QED) is 0.325. The van der Waals surface area contributed by atoms with Crippen LogP contribution in [0.3, 0.4) is 0 Å². The number of benzene rings is 2. The summed E-state index contributed by atoms with van der Waals surface area (Å²) >= 11 is 5.93. The summed E-state index contributed by atoms with van der Waals surface area (Å²) in [6, 6.07) is 11.1. The Bertz CT molecular complexity index is 1600. The summed E-state index contributed by atoms with van der Waals surface area (Å²) in [5.41, 5.74) is 1.20. The van der Waals surface area contributed by atoms with E-state index in [2.05, 4.69) is 9.97 Å². The van der Waals surface area contributed by atoms with Gasteiger partial charge in [0.05, 0.1) is 38.4 Å². The number of carbonyl (C=O) groups is 1. The average molecular weight is 566 g/mol. The number of carboxylic acid groups (broad SMARTS) is 1. The molecule has 0 N–H and O–H groups in total. The largest absolute Gasteiger partial charge is 0.529 e. The zero-order valence-electron chi connectivity index (χ0n) is 20.2. The van der Waals surface area contributed by atoms with Gasteiger partial charge in [0.15, 0.2) is 6.09 Å². The second-order valence-electron chi connectivity index (χ2n) is 8.45. The molecule has 0 saturated heterocycles. The number of amides is 1. The maximum absolute atomic E-state index is 13.3. The Labute approximate surface area is 221 Å². The summed E-state index contributed by atoms with van der Waals surface area (Å²) in [5, 5.41) is 11.2. The molecule has 0 aliphatic heterocycles. The molecule has 2 aromatic carbocycles. The van der Waals surface area contributed by atoms with Crippen LogP contribution >= 0.6 is 11.6 Å². The van der Waals surface area contributed by atoms with Gasteiger partial charge < -0.3 is 9.90 Å². The normalized spacial score (nSPS) is 12.2. The van der Waals surface area contributed by atoms with Gasteiger partial charge in [-0.2, -0.15) is 13.2 Å². The molecular formula is C25H21ClF3N4O4S-. The Morgan fingerprint density at radius 3 is 2.37 bits per heavy atom. The molecule has 1 amide bonds. The van der Waals surface area contributed by atoms with Gasteiger partial charge in [0.1, 0.15) is 5.82 Å². The predicted octanol–water partition coefficient (Wildman–Crippen LogP) is 4.54. The molecule has 0 fully saturated rings. The highest BCUT2D eigenvalue weighted by molar-refractivity contribution is 7.89. The number of sulfonamides is 1. The molecular weight excluding hydrogens is 545 g/mol. The van der Waals surface area contributed by atoms with Gasteiger partial charge in [-0.25, -0.2) is 13.4 Å². The first kappa shape index (κ1) is 27.4. The molecule has 0 radical (unpaired) electrons. The van der Waals surface area contributed by atoms with E-state index in [1.165, 1.54) is 24.4 Å². The van der Waals surface area contributed by atoms with Crippen molar-refractivity contribution in [3.63, 3.8) is 0 Å². The molecule has 0 atom stereocenters. The molecule has 38 heavy (non-hydrogen) atoms. The van der Waals surface area contributed by atoms with Crippen molar-refractivity contribution >= 4 is 38.8 Å². The van der Waals surface area contributed by atoms with Crippen LogP contribution in [0.5, 0.6) is 0 Å². The van der Waals surface area contributed by atoms with Crippen molar-refractivity contribution in [3.8, 4) is 5.69 Å². The minimum atomic E-state index is -4.63. The fraction of sp³-hybridized carbons (Fsp3) is 0.240. The average Bonchev–Trinajstić information content (AvgIpc) is 3.21. The zero-order chi connectivity index (χ0) is 27.8. The van der Waals surface area contributed by atoms with E-state index in [1.807, 2.05) is 0 Å². The summed E-state index contributed by atoms with van der Waals surface area (Å²) in [6.07, 6.45) is -4.68. The van der Waals surface area contributed by atoms with Crippen molar-refractivity contribution in [2.24, 2.45) is 0 Å². The lowest BCUT2D eigenvalue weighted by Crippen LogP contribution is -2.46. The van der Waals surface area contributed by atoms with E-state index in [-0.39, 0.29) is 21.1 Å². The first-order chi connectivity index (χ1) is 17.8. The fourth-order valence-corrected chi connectivity index (χ4v) is 5.48. The summed E-state index contributed by atoms with van der Waals surface area (Å²) in [7, 11) is -4.34. The number of pyridine rings is 1. The molecule has 0 aliphatic carbocycles. The van der Waals surface area contributed by atoms with Crippen LogP contribution in [-0.4, -0.2) is 39.9 Å². The predicted molar refractivity (Wildman–Crippen MR) is 132 cm³/mol. The van der Waals surface area contributed by atoms with E-state index in [4.69, 9.17) is 11.6 Å². The van der Waals surface area contributed by atoms with E-state index in [0.29, 0.717) is 29.1 Å². The van der Waals surface area contributed by atoms with Crippen LogP contribution in [-0.2, 0) is 29.0 Å². The summed E-state index contributed by atoms with van der Waals surface area (Å²) in [4.78, 5) is 20.1. The van der Waals surface area contributed by atoms with Crippen LogP contribution in [0.15, 0.2) is 59.6 Å². The van der Waals surface area contributed by atoms with E-state index < -0.39 is 39.4 Å². The van der Waals surface area contributed by atoms with Crippen molar-refractivity contribution < 1.29 is 31.5 Å². The van der Waals surface area contributed by atoms with Gasteiger partial charge in [-0.3, -0.25) is 13.9 Å². The van der Waals surface area contributed by atoms with Crippen LogP contribution in [0.25, 0.3) is 16.7 Å². The first-order valence-electron chi connectivity index (χ1n) is 11.4. The van der Waals surface area contributed by atoms with E-state index in [1.54, 1.807) is 42.7 Å². The second kappa shape index (κ2) is 10.3. The highest BCUT2D eigenvalue weighted by Gasteiger charge is 2.34. The van der Waals surface area contributed by atoms with Gasteiger partial charge >= 0.3 is 6.18 Å². The summed E-state index contributed by atoms with van der Waals surface area (Å²) in [5.74, 6) is 0.484. The molecule has 13 heteroatoms. The molecule has 0 aliphatic rings. The standard InChI is InChI=1S/C25H22ClF3N4O4S/c1-3-23-31-21-12-19(25(27,28)29)20(26)13-22(21)33(23)17-7-6-16(30-14-17)10-11-32(24(34)35)38(36,37)18-8-4-15(2)5-9-18/h4-9,12-14H,3,10-11H2,1-2H3,(H,34,35)/p-1. The molecule has 0 saturated carbocycles. The minimum Gasteiger partial charge on any atom is -0.529 e. The lowest BCUT2D eigenvalue weighted by molar-refractivity contribution is -0.259. The monoisotopic (exact) mass is 565 g/mol. The molecule has 0 spiro atoms. The summed E-state index contributed by atoms with van der Waals surface area (Å²) < 4.78 is 67.4. The lowest BCUT2D eigenvalue weighted by Gasteiger charge is -2.24. The van der Waals surface area contributed by atoms with Crippen LogP contribution in [0, 0.1) is 6.92 Å². The molecule has 0 bridgehead atoms. The van der Waals surface area contributed by atoms with Crippen molar-refractivity contribution in [1.29, 1.82) is 0 Å². The Morgan fingerprint density at radius 1 is 1.13 bits per heavy atom. The number of aryl methyl sites for hydroxylation is 2. The number of halogens is 4. The highest BCUT2D eigenvalue weighted by atomic mass is 35.5. The van der Waals surface area contributed by atoms with Crippen molar-refractivity contribution in [3.05, 3.63) is 82.4 Å². The van der Waals surface area contributed by atoms with Crippen LogP contribution in [0.4, 0.5) is 18.0 Å². The maximum Gasteiger partial charge on any atom is 0.417 e. The van der Waals surface area contributed by atoms with Crippen LogP contribution in [0.1, 0.15) is 29.6 Å². The third-order valence-corrected chi connectivity index (χ3v) is 7.98. The molecule has 4 rings (SSSR count).